The molecule has 1 aliphatic carbocycles. The quantitative estimate of drug-likeness (QED) is 0.862. The van der Waals surface area contributed by atoms with Crippen LogP contribution < -0.4 is 5.32 Å². The third-order valence-electron chi connectivity index (χ3n) is 3.30. The molecule has 1 aliphatic heterocycles. The van der Waals surface area contributed by atoms with E-state index < -0.39 is 0 Å². The molecule has 0 spiro atoms. The van der Waals surface area contributed by atoms with Crippen LogP contribution in [-0.2, 0) is 5.41 Å². The highest BCUT2D eigenvalue weighted by atomic mass is 79.9. The predicted octanol–water partition coefficient (Wildman–Crippen LogP) is 2.55. The molecule has 1 saturated heterocycles. The fraction of sp³-hybridized carbons (Fsp3) is 0.500. The zero-order valence-corrected chi connectivity index (χ0v) is 11.3. The lowest BCUT2D eigenvalue weighted by Gasteiger charge is -2.10. The fourth-order valence-electron chi connectivity index (χ4n) is 2.41. The van der Waals surface area contributed by atoms with Crippen molar-refractivity contribution in [3.05, 3.63) is 28.5 Å². The van der Waals surface area contributed by atoms with Crippen molar-refractivity contribution in [3.63, 3.8) is 0 Å². The second kappa shape index (κ2) is 4.58. The normalized spacial score (nSPS) is 31.1. The van der Waals surface area contributed by atoms with E-state index in [0.717, 1.165) is 16.9 Å². The maximum atomic E-state index is 4.49. The van der Waals surface area contributed by atoms with E-state index in [9.17, 15) is 0 Å². The molecule has 5 heteroatoms. The molecule has 0 amide bonds. The van der Waals surface area contributed by atoms with Crippen molar-refractivity contribution in [1.82, 2.24) is 10.3 Å². The molecule has 0 aromatic carbocycles. The van der Waals surface area contributed by atoms with Gasteiger partial charge in [0, 0.05) is 28.3 Å². The van der Waals surface area contributed by atoms with E-state index in [0.29, 0.717) is 5.41 Å². The van der Waals surface area contributed by atoms with Gasteiger partial charge < -0.3 is 5.32 Å². The molecule has 2 fully saturated rings. The summed E-state index contributed by atoms with van der Waals surface area (Å²) in [5, 5.41) is 3.42. The number of nitrogens with one attached hydrogen (secondary N) is 1. The summed E-state index contributed by atoms with van der Waals surface area (Å²) in [4.78, 5) is 4.49. The van der Waals surface area contributed by atoms with Crippen LogP contribution >= 0.6 is 40.7 Å². The average molecular weight is 312 g/mol. The molecule has 0 radical (unpaired) electrons. The molecule has 2 atom stereocenters. The first-order valence-electron chi connectivity index (χ1n) is 4.64. The molecular formula is C10H13BrCl2N2. The van der Waals surface area contributed by atoms with Gasteiger partial charge in [0.15, 0.2) is 0 Å². The molecule has 0 unspecified atom stereocenters. The highest BCUT2D eigenvalue weighted by molar-refractivity contribution is 9.10. The summed E-state index contributed by atoms with van der Waals surface area (Å²) in [5.74, 6) is 0.848. The molecule has 84 valence electrons. The van der Waals surface area contributed by atoms with Gasteiger partial charge in [-0.15, -0.1) is 24.8 Å². The van der Waals surface area contributed by atoms with E-state index in [2.05, 4.69) is 38.4 Å². The summed E-state index contributed by atoms with van der Waals surface area (Å²) >= 11 is 3.41. The maximum absolute atomic E-state index is 4.49. The number of halogens is 3. The molecule has 1 aromatic heterocycles. The first-order chi connectivity index (χ1) is 6.31. The number of rotatable bonds is 1. The van der Waals surface area contributed by atoms with E-state index in [-0.39, 0.29) is 24.8 Å². The zero-order valence-electron chi connectivity index (χ0n) is 8.07. The highest BCUT2D eigenvalue weighted by Crippen LogP contribution is 2.55. The number of hydrogen-bond donors (Lipinski definition) is 1. The Bertz CT molecular complexity index is 344. The van der Waals surface area contributed by atoms with Crippen molar-refractivity contribution in [2.75, 3.05) is 13.1 Å². The van der Waals surface area contributed by atoms with E-state index in [1.807, 2.05) is 6.20 Å². The van der Waals surface area contributed by atoms with Crippen LogP contribution in [0.4, 0.5) is 0 Å². The molecule has 2 heterocycles. The summed E-state index contributed by atoms with van der Waals surface area (Å²) in [6, 6.07) is 4.24. The first-order valence-corrected chi connectivity index (χ1v) is 5.43. The van der Waals surface area contributed by atoms with Gasteiger partial charge in [0.05, 0.1) is 0 Å². The van der Waals surface area contributed by atoms with Crippen LogP contribution in [-0.4, -0.2) is 18.1 Å². The third kappa shape index (κ3) is 2.03. The molecule has 1 N–H and O–H groups in total. The van der Waals surface area contributed by atoms with Gasteiger partial charge in [-0.2, -0.15) is 0 Å². The number of pyridine rings is 1. The minimum Gasteiger partial charge on any atom is -0.315 e. The Kier molecular flexibility index (Phi) is 4.04. The van der Waals surface area contributed by atoms with Gasteiger partial charge in [-0.05, 0) is 46.9 Å². The fourth-order valence-corrected chi connectivity index (χ4v) is 2.64. The SMILES string of the molecule is Brc1ccc([C@@]23CNC[C@@H]2C3)nc1.Cl.Cl. The van der Waals surface area contributed by atoms with Gasteiger partial charge in [-0.1, -0.05) is 0 Å². The van der Waals surface area contributed by atoms with Crippen LogP contribution in [0, 0.1) is 5.92 Å². The molecule has 3 rings (SSSR count). The largest absolute Gasteiger partial charge is 0.315 e. The van der Waals surface area contributed by atoms with Crippen molar-refractivity contribution in [2.24, 2.45) is 5.92 Å². The standard InChI is InChI=1S/C10H11BrN2.2ClH/c11-8-1-2-9(13-5-8)10-3-7(10)4-12-6-10;;/h1-2,5,7,12H,3-4,6H2;2*1H/t7-,10-;;/m0../s1. The van der Waals surface area contributed by atoms with Gasteiger partial charge in [-0.25, -0.2) is 0 Å². The van der Waals surface area contributed by atoms with Crippen molar-refractivity contribution in [2.45, 2.75) is 11.8 Å². The van der Waals surface area contributed by atoms with Crippen LogP contribution in [0.5, 0.6) is 0 Å². The molecule has 1 aromatic rings. The van der Waals surface area contributed by atoms with E-state index in [4.69, 9.17) is 0 Å². The van der Waals surface area contributed by atoms with Crippen LogP contribution in [0.3, 0.4) is 0 Å². The first kappa shape index (κ1) is 13.2. The molecule has 2 nitrogen and oxygen atoms in total. The van der Waals surface area contributed by atoms with Crippen LogP contribution in [0.2, 0.25) is 0 Å². The number of aromatic nitrogens is 1. The summed E-state index contributed by atoms with van der Waals surface area (Å²) in [6.45, 7) is 2.30. The maximum Gasteiger partial charge on any atom is 0.0482 e. The second-order valence-corrected chi connectivity index (χ2v) is 4.97. The number of piperidine rings is 1. The zero-order chi connectivity index (χ0) is 8.89. The van der Waals surface area contributed by atoms with Gasteiger partial charge in [0.2, 0.25) is 0 Å². The lowest BCUT2D eigenvalue weighted by molar-refractivity contribution is 0.656. The Balaban J connectivity index is 0.000000562. The molecular weight excluding hydrogens is 299 g/mol. The van der Waals surface area contributed by atoms with Crippen LogP contribution in [0.25, 0.3) is 0 Å². The predicted molar refractivity (Wildman–Crippen MR) is 69.1 cm³/mol. The molecule has 1 saturated carbocycles. The number of nitrogens with zero attached hydrogens (tertiary/aromatic N) is 1. The highest BCUT2D eigenvalue weighted by Gasteiger charge is 2.58. The lowest BCUT2D eigenvalue weighted by Crippen LogP contribution is -2.20. The van der Waals surface area contributed by atoms with Crippen molar-refractivity contribution in [1.29, 1.82) is 0 Å². The van der Waals surface area contributed by atoms with E-state index in [1.165, 1.54) is 18.7 Å². The Morgan fingerprint density at radius 2 is 2.20 bits per heavy atom. The van der Waals surface area contributed by atoms with Gasteiger partial charge in [0.25, 0.3) is 0 Å². The summed E-state index contributed by atoms with van der Waals surface area (Å²) < 4.78 is 1.07. The number of hydrogen-bond acceptors (Lipinski definition) is 2. The Morgan fingerprint density at radius 3 is 2.67 bits per heavy atom. The van der Waals surface area contributed by atoms with Crippen molar-refractivity contribution in [3.8, 4) is 0 Å². The van der Waals surface area contributed by atoms with Crippen molar-refractivity contribution >= 4 is 40.7 Å². The van der Waals surface area contributed by atoms with Crippen LogP contribution in [0.1, 0.15) is 12.1 Å². The minimum atomic E-state index is 0. The minimum absolute atomic E-state index is 0. The molecule has 15 heavy (non-hydrogen) atoms. The number of fused-ring (bicyclic) bond motifs is 1. The van der Waals surface area contributed by atoms with E-state index >= 15 is 0 Å². The third-order valence-corrected chi connectivity index (χ3v) is 3.77. The van der Waals surface area contributed by atoms with Crippen LogP contribution in [0.15, 0.2) is 22.8 Å². The summed E-state index contributed by atoms with van der Waals surface area (Å²) in [7, 11) is 0. The Morgan fingerprint density at radius 1 is 1.40 bits per heavy atom. The van der Waals surface area contributed by atoms with E-state index in [1.54, 1.807) is 0 Å². The monoisotopic (exact) mass is 310 g/mol. The topological polar surface area (TPSA) is 24.9 Å². The van der Waals surface area contributed by atoms with Gasteiger partial charge in [-0.3, -0.25) is 4.98 Å². The molecule has 2 aliphatic rings. The summed E-state index contributed by atoms with van der Waals surface area (Å²) in [6.07, 6.45) is 3.23. The van der Waals surface area contributed by atoms with Gasteiger partial charge in [0.1, 0.15) is 0 Å². The Hall–Kier alpha value is 0.170. The van der Waals surface area contributed by atoms with Crippen molar-refractivity contribution < 1.29 is 0 Å². The molecule has 0 bridgehead atoms. The second-order valence-electron chi connectivity index (χ2n) is 4.05. The van der Waals surface area contributed by atoms with Gasteiger partial charge >= 0.3 is 0 Å². The lowest BCUT2D eigenvalue weighted by atomic mass is 10.0. The average Bonchev–Trinajstić information content (AvgIpc) is 2.71. The smallest absolute Gasteiger partial charge is 0.0482 e. The Labute approximate surface area is 110 Å². The summed E-state index contributed by atoms with van der Waals surface area (Å²) in [5.41, 5.74) is 1.67.